The van der Waals surface area contributed by atoms with E-state index in [1.165, 1.54) is 4.90 Å². The smallest absolute Gasteiger partial charge is 0.397 e. The monoisotopic (exact) mass is 386 g/mol. The number of carbonyl (C=O) groups excluding carboxylic acids is 2. The van der Waals surface area contributed by atoms with Gasteiger partial charge in [-0.2, -0.15) is 5.26 Å². The van der Waals surface area contributed by atoms with E-state index >= 15 is 0 Å². The maximum Gasteiger partial charge on any atom is 0.397 e. The molecule has 8 nitrogen and oxygen atoms in total. The fourth-order valence-corrected chi connectivity index (χ4v) is 3.71. The molecule has 2 aliphatic rings. The number of nitriles is 1. The lowest BCUT2D eigenvalue weighted by Crippen LogP contribution is -2.51. The predicted molar refractivity (Wildman–Crippen MR) is 102 cm³/mol. The Morgan fingerprint density at radius 1 is 1.25 bits per heavy atom. The molecule has 1 aromatic rings. The molecule has 0 aliphatic carbocycles. The minimum Gasteiger partial charge on any atom is -0.459 e. The van der Waals surface area contributed by atoms with Crippen LogP contribution in [-0.4, -0.2) is 60.1 Å². The number of esters is 1. The number of ether oxygens (including phenoxy) is 2. The number of piperazine rings is 1. The van der Waals surface area contributed by atoms with Crippen LogP contribution in [0.4, 0.5) is 5.82 Å². The summed E-state index contributed by atoms with van der Waals surface area (Å²) in [7, 11) is 0. The second-order valence-electron chi connectivity index (χ2n) is 7.69. The minimum absolute atomic E-state index is 0.175. The molecular weight excluding hydrogens is 360 g/mol. The van der Waals surface area contributed by atoms with E-state index in [4.69, 9.17) is 14.5 Å². The number of aryl methyl sites for hydroxylation is 1. The van der Waals surface area contributed by atoms with Crippen LogP contribution in [0.15, 0.2) is 0 Å². The van der Waals surface area contributed by atoms with Gasteiger partial charge in [0, 0.05) is 43.9 Å². The second-order valence-corrected chi connectivity index (χ2v) is 7.69. The molecule has 1 fully saturated rings. The highest BCUT2D eigenvalue weighted by atomic mass is 16.5. The van der Waals surface area contributed by atoms with Gasteiger partial charge in [-0.25, -0.2) is 9.78 Å². The number of anilines is 1. The largest absolute Gasteiger partial charge is 0.459 e. The van der Waals surface area contributed by atoms with Gasteiger partial charge < -0.3 is 19.3 Å². The fraction of sp³-hybridized carbons (Fsp3) is 0.600. The molecule has 0 unspecified atom stereocenters. The minimum atomic E-state index is -0.821. The molecule has 28 heavy (non-hydrogen) atoms. The van der Waals surface area contributed by atoms with Crippen LogP contribution >= 0.6 is 0 Å². The number of nitrogens with zero attached hydrogens (tertiary/aromatic N) is 4. The van der Waals surface area contributed by atoms with Crippen LogP contribution in [0.3, 0.4) is 0 Å². The summed E-state index contributed by atoms with van der Waals surface area (Å²) in [6.45, 7) is 10.1. The van der Waals surface area contributed by atoms with Gasteiger partial charge in [0.2, 0.25) is 0 Å². The van der Waals surface area contributed by atoms with Gasteiger partial charge in [0.05, 0.1) is 24.4 Å². The molecule has 0 radical (unpaired) electrons. The first-order valence-electron chi connectivity index (χ1n) is 9.54. The van der Waals surface area contributed by atoms with Gasteiger partial charge in [-0.15, -0.1) is 0 Å². The van der Waals surface area contributed by atoms with Gasteiger partial charge in [0.1, 0.15) is 11.9 Å². The molecule has 1 aromatic heterocycles. The number of amides is 1. The molecular formula is C20H26N4O4. The Bertz CT molecular complexity index is 836. The number of hydrogen-bond donors (Lipinski definition) is 0. The van der Waals surface area contributed by atoms with Crippen LogP contribution < -0.4 is 4.90 Å². The zero-order valence-corrected chi connectivity index (χ0v) is 16.9. The molecule has 0 N–H and O–H groups in total. The fourth-order valence-electron chi connectivity index (χ4n) is 3.71. The SMILES string of the molecule is CCOC(=O)C(=O)N1CCN(c2nc(C)c3c(c2C#N)CC(C)(C)OC3)CC1. The Hall–Kier alpha value is -2.66. The van der Waals surface area contributed by atoms with E-state index < -0.39 is 11.9 Å². The standard InChI is InChI=1S/C20H26N4O4/c1-5-27-19(26)18(25)24-8-6-23(7-9-24)17-15(11-21)14-10-20(3,4)28-12-16(14)13(2)22-17/h5-10,12H2,1-4H3. The maximum absolute atomic E-state index is 12.1. The lowest BCUT2D eigenvalue weighted by Gasteiger charge is -2.37. The highest BCUT2D eigenvalue weighted by Gasteiger charge is 2.33. The van der Waals surface area contributed by atoms with Crippen molar-refractivity contribution in [1.82, 2.24) is 9.88 Å². The van der Waals surface area contributed by atoms with Crippen molar-refractivity contribution in [2.75, 3.05) is 37.7 Å². The first-order chi connectivity index (χ1) is 13.3. The van der Waals surface area contributed by atoms with Crippen molar-refractivity contribution in [1.29, 1.82) is 5.26 Å². The molecule has 3 rings (SSSR count). The Kier molecular flexibility index (Phi) is 5.57. The maximum atomic E-state index is 12.1. The van der Waals surface area contributed by atoms with Crippen molar-refractivity contribution in [2.24, 2.45) is 0 Å². The van der Waals surface area contributed by atoms with Crippen LogP contribution in [0.1, 0.15) is 43.2 Å². The highest BCUT2D eigenvalue weighted by Crippen LogP contribution is 2.35. The van der Waals surface area contributed by atoms with Gasteiger partial charge in [-0.05, 0) is 33.3 Å². The molecule has 0 atom stereocenters. The summed E-state index contributed by atoms with van der Waals surface area (Å²) in [4.78, 5) is 32.0. The lowest BCUT2D eigenvalue weighted by atomic mass is 9.88. The van der Waals surface area contributed by atoms with E-state index in [0.717, 1.165) is 16.8 Å². The molecule has 8 heteroatoms. The van der Waals surface area contributed by atoms with Crippen LogP contribution in [0, 0.1) is 18.3 Å². The van der Waals surface area contributed by atoms with E-state index in [9.17, 15) is 14.9 Å². The van der Waals surface area contributed by atoms with Gasteiger partial charge >= 0.3 is 11.9 Å². The first kappa shape index (κ1) is 20.1. The molecule has 1 amide bonds. The lowest BCUT2D eigenvalue weighted by molar-refractivity contribution is -0.160. The average Bonchev–Trinajstić information content (AvgIpc) is 2.66. The van der Waals surface area contributed by atoms with Crippen LogP contribution in [-0.2, 0) is 32.1 Å². The normalized spacial score (nSPS) is 18.2. The van der Waals surface area contributed by atoms with E-state index in [2.05, 4.69) is 6.07 Å². The highest BCUT2D eigenvalue weighted by molar-refractivity contribution is 6.32. The van der Waals surface area contributed by atoms with Crippen molar-refractivity contribution in [3.05, 3.63) is 22.4 Å². The Morgan fingerprint density at radius 2 is 1.93 bits per heavy atom. The van der Waals surface area contributed by atoms with Gasteiger partial charge in [-0.3, -0.25) is 4.79 Å². The molecule has 150 valence electrons. The summed E-state index contributed by atoms with van der Waals surface area (Å²) in [5, 5.41) is 9.86. The Labute approximate surface area is 165 Å². The summed E-state index contributed by atoms with van der Waals surface area (Å²) < 4.78 is 10.7. The number of fused-ring (bicyclic) bond motifs is 1. The number of rotatable bonds is 2. The molecule has 0 aromatic carbocycles. The molecule has 3 heterocycles. The Balaban J connectivity index is 1.82. The third-order valence-corrected chi connectivity index (χ3v) is 5.24. The van der Waals surface area contributed by atoms with Crippen LogP contribution in [0.25, 0.3) is 0 Å². The zero-order chi connectivity index (χ0) is 20.5. The topological polar surface area (TPSA) is 95.8 Å². The number of aromatic nitrogens is 1. The second kappa shape index (κ2) is 7.76. The van der Waals surface area contributed by atoms with Crippen molar-refractivity contribution < 1.29 is 19.1 Å². The van der Waals surface area contributed by atoms with E-state index in [1.807, 2.05) is 25.7 Å². The molecule has 2 aliphatic heterocycles. The first-order valence-corrected chi connectivity index (χ1v) is 9.54. The number of carbonyl (C=O) groups is 2. The van der Waals surface area contributed by atoms with E-state index in [-0.39, 0.29) is 12.2 Å². The van der Waals surface area contributed by atoms with Crippen LogP contribution in [0.5, 0.6) is 0 Å². The molecule has 0 bridgehead atoms. The summed E-state index contributed by atoms with van der Waals surface area (Å²) in [6, 6.07) is 2.34. The van der Waals surface area contributed by atoms with Crippen LogP contribution in [0.2, 0.25) is 0 Å². The molecule has 1 saturated heterocycles. The summed E-state index contributed by atoms with van der Waals surface area (Å²) >= 11 is 0. The summed E-state index contributed by atoms with van der Waals surface area (Å²) in [5.74, 6) is -0.784. The van der Waals surface area contributed by atoms with Crippen molar-refractivity contribution in [3.8, 4) is 6.07 Å². The number of pyridine rings is 1. The van der Waals surface area contributed by atoms with Gasteiger partial charge in [-0.1, -0.05) is 0 Å². The molecule has 0 saturated carbocycles. The Morgan fingerprint density at radius 3 is 2.54 bits per heavy atom. The summed E-state index contributed by atoms with van der Waals surface area (Å²) in [6.07, 6.45) is 0.656. The van der Waals surface area contributed by atoms with Crippen molar-refractivity contribution >= 4 is 17.7 Å². The van der Waals surface area contributed by atoms with Gasteiger partial charge in [0.15, 0.2) is 0 Å². The number of hydrogen-bond acceptors (Lipinski definition) is 7. The molecule has 0 spiro atoms. The van der Waals surface area contributed by atoms with E-state index in [0.29, 0.717) is 50.6 Å². The van der Waals surface area contributed by atoms with Crippen molar-refractivity contribution in [2.45, 2.75) is 46.3 Å². The van der Waals surface area contributed by atoms with Gasteiger partial charge in [0.25, 0.3) is 0 Å². The zero-order valence-electron chi connectivity index (χ0n) is 16.9. The van der Waals surface area contributed by atoms with Crippen molar-refractivity contribution in [3.63, 3.8) is 0 Å². The average molecular weight is 386 g/mol. The third-order valence-electron chi connectivity index (χ3n) is 5.24. The third kappa shape index (κ3) is 3.80. The van der Waals surface area contributed by atoms with E-state index in [1.54, 1.807) is 6.92 Å². The predicted octanol–water partition coefficient (Wildman–Crippen LogP) is 1.32. The summed E-state index contributed by atoms with van der Waals surface area (Å²) in [5.41, 5.74) is 3.13. The quantitative estimate of drug-likeness (QED) is 0.559.